The Balaban J connectivity index is 0.00000208. The molecule has 3 atom stereocenters. The number of anilines is 2. The van der Waals surface area contributed by atoms with Crippen LogP contribution in [0.15, 0.2) is 55.1 Å². The summed E-state index contributed by atoms with van der Waals surface area (Å²) in [6.07, 6.45) is 4.82. The van der Waals surface area contributed by atoms with Gasteiger partial charge in [0.1, 0.15) is 5.82 Å². The Morgan fingerprint density at radius 1 is 1.09 bits per heavy atom. The van der Waals surface area contributed by atoms with Gasteiger partial charge in [0.25, 0.3) is 0 Å². The third kappa shape index (κ3) is 6.79. The van der Waals surface area contributed by atoms with Gasteiger partial charge in [0.2, 0.25) is 5.91 Å². The summed E-state index contributed by atoms with van der Waals surface area (Å²) in [4.78, 5) is 31.4. The lowest BCUT2D eigenvalue weighted by Crippen LogP contribution is -2.55. The normalized spacial score (nSPS) is 22.1. The van der Waals surface area contributed by atoms with Crippen LogP contribution in [-0.2, 0) is 22.5 Å². The molecular formula is C34H43N7O3S2. The number of nitriles is 1. The number of piperazine rings is 1. The van der Waals surface area contributed by atoms with Crippen LogP contribution in [0.25, 0.3) is 10.8 Å². The van der Waals surface area contributed by atoms with Gasteiger partial charge in [0, 0.05) is 61.9 Å². The summed E-state index contributed by atoms with van der Waals surface area (Å²) in [7, 11) is 0. The summed E-state index contributed by atoms with van der Waals surface area (Å²) < 4.78 is 12.0. The number of aromatic nitrogens is 2. The van der Waals surface area contributed by atoms with Crippen LogP contribution in [-0.4, -0.2) is 96.3 Å². The van der Waals surface area contributed by atoms with Crippen molar-refractivity contribution in [2.24, 2.45) is 0 Å². The molecule has 3 fully saturated rings. The third-order valence-corrected chi connectivity index (χ3v) is 9.53. The molecule has 244 valence electrons. The topological polar surface area (TPSA) is 98.1 Å². The van der Waals surface area contributed by atoms with Crippen molar-refractivity contribution in [3.8, 4) is 12.1 Å². The Labute approximate surface area is 284 Å². The fraction of sp³-hybridized carbons (Fsp3) is 0.471. The number of ether oxygens (including phenoxy) is 2. The lowest BCUT2D eigenvalue weighted by molar-refractivity contribution is -0.128. The van der Waals surface area contributed by atoms with Gasteiger partial charge >= 0.3 is 6.01 Å². The molecule has 2 aromatic carbocycles. The van der Waals surface area contributed by atoms with Crippen molar-refractivity contribution < 1.29 is 14.3 Å². The first-order valence-electron chi connectivity index (χ1n) is 15.8. The molecule has 0 N–H and O–H groups in total. The number of benzene rings is 2. The van der Waals surface area contributed by atoms with Gasteiger partial charge in [-0.25, -0.2) is 0 Å². The van der Waals surface area contributed by atoms with Crippen LogP contribution in [0.2, 0.25) is 0 Å². The number of hydrogen-bond acceptors (Lipinski definition) is 9. The van der Waals surface area contributed by atoms with Crippen molar-refractivity contribution in [1.29, 1.82) is 5.26 Å². The van der Waals surface area contributed by atoms with E-state index in [0.717, 1.165) is 62.6 Å². The highest BCUT2D eigenvalue weighted by molar-refractivity contribution is 7.59. The smallest absolute Gasteiger partial charge is 0.318 e. The van der Waals surface area contributed by atoms with Crippen LogP contribution in [0.3, 0.4) is 0 Å². The van der Waals surface area contributed by atoms with Crippen molar-refractivity contribution in [3.05, 3.63) is 66.4 Å². The molecular weight excluding hydrogens is 619 g/mol. The summed E-state index contributed by atoms with van der Waals surface area (Å²) in [5.74, 6) is 0.729. The molecule has 0 spiro atoms. The molecule has 12 heteroatoms. The van der Waals surface area contributed by atoms with Crippen molar-refractivity contribution in [3.63, 3.8) is 0 Å². The molecule has 3 saturated heterocycles. The molecule has 0 aliphatic carbocycles. The van der Waals surface area contributed by atoms with Crippen LogP contribution in [0.4, 0.5) is 11.5 Å². The molecule has 4 aliphatic heterocycles. The first kappa shape index (κ1) is 33.9. The second-order valence-electron chi connectivity index (χ2n) is 12.2. The molecule has 1 amide bonds. The maximum Gasteiger partial charge on any atom is 0.318 e. The van der Waals surface area contributed by atoms with Crippen LogP contribution in [0.5, 0.6) is 6.01 Å². The first-order chi connectivity index (χ1) is 21.6. The predicted molar refractivity (Wildman–Crippen MR) is 189 cm³/mol. The van der Waals surface area contributed by atoms with E-state index in [1.54, 1.807) is 4.90 Å². The number of carbonyl (C=O) groups excluding carboxylic acids is 1. The SMILES string of the molecule is C=CC(=O)N1CCN(c2nc(OCCCN3C[C@@H]4C[C@H]3CO4)nc3c2CCN(c2cccc4ccccc24)C3)CC1CC#N.S.S. The predicted octanol–water partition coefficient (Wildman–Crippen LogP) is 3.78. The number of morpholine rings is 1. The molecule has 5 heterocycles. The molecule has 10 nitrogen and oxygen atoms in total. The minimum Gasteiger partial charge on any atom is -0.463 e. The van der Waals surface area contributed by atoms with Gasteiger partial charge in [-0.15, -0.1) is 0 Å². The van der Waals surface area contributed by atoms with E-state index in [1.165, 1.54) is 22.5 Å². The molecule has 1 unspecified atom stereocenters. The molecule has 0 saturated carbocycles. The lowest BCUT2D eigenvalue weighted by Gasteiger charge is -2.42. The number of rotatable bonds is 9. The summed E-state index contributed by atoms with van der Waals surface area (Å²) in [6.45, 7) is 10.2. The fourth-order valence-electron chi connectivity index (χ4n) is 7.32. The Kier molecular flexibility index (Phi) is 11.0. The standard InChI is InChI=1S/C34H39N7O3.2H2S/c1-2-32(42)41-17-16-40(20-25(41)11-13-35)33-29-12-15-39(31-10-5-8-24-7-3-4-9-28(24)31)22-30(29)36-34(37-33)43-18-6-14-38-21-27-19-26(38)23-44-27;;/h2-5,7-10,25-27H,1,6,11-12,14-23H2;2*1H2/t25?,26-,27-;;/m0../s1. The molecule has 3 aromatic rings. The van der Waals surface area contributed by atoms with Crippen LogP contribution >= 0.6 is 27.0 Å². The van der Waals surface area contributed by atoms with Gasteiger partial charge in [-0.3, -0.25) is 9.69 Å². The van der Waals surface area contributed by atoms with E-state index in [2.05, 4.69) is 69.8 Å². The molecule has 46 heavy (non-hydrogen) atoms. The number of nitrogens with zero attached hydrogens (tertiary/aromatic N) is 7. The summed E-state index contributed by atoms with van der Waals surface area (Å²) in [5, 5.41) is 12.0. The maximum absolute atomic E-state index is 12.5. The average Bonchev–Trinajstić information content (AvgIpc) is 3.69. The van der Waals surface area contributed by atoms with E-state index in [9.17, 15) is 10.1 Å². The van der Waals surface area contributed by atoms with E-state index < -0.39 is 0 Å². The van der Waals surface area contributed by atoms with Gasteiger partial charge in [-0.05, 0) is 36.8 Å². The van der Waals surface area contributed by atoms with E-state index in [1.807, 2.05) is 0 Å². The van der Waals surface area contributed by atoms with Gasteiger partial charge in [0.05, 0.1) is 50.1 Å². The maximum atomic E-state index is 12.5. The zero-order chi connectivity index (χ0) is 30.0. The fourth-order valence-corrected chi connectivity index (χ4v) is 7.32. The molecule has 0 radical (unpaired) electrons. The van der Waals surface area contributed by atoms with Crippen molar-refractivity contribution in [2.75, 3.05) is 62.3 Å². The summed E-state index contributed by atoms with van der Waals surface area (Å²) in [6, 6.07) is 17.9. The Bertz CT molecular complexity index is 1600. The minimum absolute atomic E-state index is 0. The zero-order valence-electron chi connectivity index (χ0n) is 26.1. The average molecular weight is 662 g/mol. The van der Waals surface area contributed by atoms with Crippen molar-refractivity contribution >= 4 is 55.2 Å². The van der Waals surface area contributed by atoms with Crippen LogP contribution < -0.4 is 14.5 Å². The monoisotopic (exact) mass is 661 g/mol. The minimum atomic E-state index is -0.232. The van der Waals surface area contributed by atoms with Gasteiger partial charge < -0.3 is 24.2 Å². The number of fused-ring (bicyclic) bond motifs is 4. The van der Waals surface area contributed by atoms with Gasteiger partial charge in [0.15, 0.2) is 0 Å². The quantitative estimate of drug-likeness (QED) is 0.251. The molecule has 2 bridgehead atoms. The van der Waals surface area contributed by atoms with E-state index in [4.69, 9.17) is 19.4 Å². The molecule has 1 aromatic heterocycles. The van der Waals surface area contributed by atoms with E-state index in [-0.39, 0.29) is 45.4 Å². The molecule has 7 rings (SSSR count). The highest BCUT2D eigenvalue weighted by atomic mass is 32.1. The van der Waals surface area contributed by atoms with Crippen LogP contribution in [0, 0.1) is 11.3 Å². The number of amides is 1. The van der Waals surface area contributed by atoms with E-state index in [0.29, 0.717) is 50.9 Å². The summed E-state index contributed by atoms with van der Waals surface area (Å²) in [5.41, 5.74) is 3.30. The second kappa shape index (κ2) is 14.9. The summed E-state index contributed by atoms with van der Waals surface area (Å²) >= 11 is 0. The van der Waals surface area contributed by atoms with Crippen molar-refractivity contribution in [2.45, 2.75) is 50.4 Å². The van der Waals surface area contributed by atoms with Gasteiger partial charge in [-0.2, -0.15) is 42.2 Å². The Hall–Kier alpha value is -3.50. The Morgan fingerprint density at radius 2 is 1.93 bits per heavy atom. The van der Waals surface area contributed by atoms with Crippen molar-refractivity contribution in [1.82, 2.24) is 19.8 Å². The van der Waals surface area contributed by atoms with Crippen LogP contribution in [0.1, 0.15) is 30.5 Å². The number of likely N-dealkylation sites (tertiary alicyclic amines) is 1. The first-order valence-corrected chi connectivity index (χ1v) is 15.8. The third-order valence-electron chi connectivity index (χ3n) is 9.53. The highest BCUT2D eigenvalue weighted by Crippen LogP contribution is 2.35. The highest BCUT2D eigenvalue weighted by Gasteiger charge is 2.38. The van der Waals surface area contributed by atoms with E-state index >= 15 is 0 Å². The number of carbonyl (C=O) groups is 1. The largest absolute Gasteiger partial charge is 0.463 e. The second-order valence-corrected chi connectivity index (χ2v) is 12.2. The lowest BCUT2D eigenvalue weighted by atomic mass is 10.0. The van der Waals surface area contributed by atoms with Gasteiger partial charge in [-0.1, -0.05) is 43.0 Å². The number of hydrogen-bond donors (Lipinski definition) is 0. The Morgan fingerprint density at radius 3 is 2.72 bits per heavy atom. The molecule has 4 aliphatic rings. The zero-order valence-corrected chi connectivity index (χ0v) is 28.1.